The summed E-state index contributed by atoms with van der Waals surface area (Å²) >= 11 is 0. The number of aryl methyl sites for hydroxylation is 1. The van der Waals surface area contributed by atoms with Crippen LogP contribution in [0, 0.1) is 24.7 Å². The summed E-state index contributed by atoms with van der Waals surface area (Å²) in [5.74, 6) is 2.43. The number of fused-ring (bicyclic) bond motifs is 1. The second kappa shape index (κ2) is 7.11. The van der Waals surface area contributed by atoms with Crippen LogP contribution in [0.1, 0.15) is 11.1 Å². The molecule has 0 radical (unpaired) electrons. The fraction of sp³-hybridized carbons (Fsp3) is 0.500. The summed E-state index contributed by atoms with van der Waals surface area (Å²) < 4.78 is 7.31. The van der Waals surface area contributed by atoms with Crippen molar-refractivity contribution < 1.29 is 9.53 Å². The Balaban J connectivity index is 1.22. The zero-order valence-corrected chi connectivity index (χ0v) is 15.4. The molecule has 0 bridgehead atoms. The Morgan fingerprint density at radius 3 is 2.81 bits per heavy atom. The summed E-state index contributed by atoms with van der Waals surface area (Å²) in [5.41, 5.74) is 2.48. The van der Waals surface area contributed by atoms with Crippen molar-refractivity contribution in [2.24, 2.45) is 17.8 Å². The van der Waals surface area contributed by atoms with Crippen molar-refractivity contribution in [1.82, 2.24) is 19.8 Å². The van der Waals surface area contributed by atoms with E-state index in [2.05, 4.69) is 34.3 Å². The first-order valence-corrected chi connectivity index (χ1v) is 9.25. The average molecular weight is 354 g/mol. The summed E-state index contributed by atoms with van der Waals surface area (Å²) in [5, 5.41) is 3.08. The molecule has 138 valence electrons. The maximum atomic E-state index is 12.4. The zero-order chi connectivity index (χ0) is 18.1. The predicted molar refractivity (Wildman–Crippen MR) is 98.7 cm³/mol. The van der Waals surface area contributed by atoms with Gasteiger partial charge in [-0.3, -0.25) is 9.69 Å². The highest BCUT2D eigenvalue weighted by Crippen LogP contribution is 2.52. The van der Waals surface area contributed by atoms with Crippen molar-refractivity contribution in [3.63, 3.8) is 0 Å². The smallest absolute Gasteiger partial charge is 0.223 e. The van der Waals surface area contributed by atoms with Crippen molar-refractivity contribution in [1.29, 1.82) is 0 Å². The number of nitrogens with zero attached hydrogens (tertiary/aromatic N) is 3. The molecule has 6 heteroatoms. The first-order chi connectivity index (χ1) is 12.7. The Kier molecular flexibility index (Phi) is 4.68. The lowest BCUT2D eigenvalue weighted by Gasteiger charge is -2.20. The van der Waals surface area contributed by atoms with E-state index in [1.165, 1.54) is 11.1 Å². The molecule has 1 aromatic carbocycles. The molecule has 26 heavy (non-hydrogen) atoms. The van der Waals surface area contributed by atoms with E-state index in [0.29, 0.717) is 18.4 Å². The van der Waals surface area contributed by atoms with Crippen LogP contribution < -0.4 is 10.1 Å². The summed E-state index contributed by atoms with van der Waals surface area (Å²) in [6, 6.07) is 6.37. The number of benzene rings is 1. The van der Waals surface area contributed by atoms with E-state index in [1.807, 2.05) is 16.8 Å². The van der Waals surface area contributed by atoms with Crippen molar-refractivity contribution >= 4 is 5.91 Å². The molecule has 1 aliphatic heterocycles. The minimum absolute atomic E-state index is 0.214. The van der Waals surface area contributed by atoms with Crippen LogP contribution in [0.5, 0.6) is 5.75 Å². The lowest BCUT2D eigenvalue weighted by atomic mass is 10.1. The average Bonchev–Trinajstić information content (AvgIpc) is 2.99. The van der Waals surface area contributed by atoms with Gasteiger partial charge in [0, 0.05) is 51.0 Å². The van der Waals surface area contributed by atoms with Crippen LogP contribution in [0.25, 0.3) is 0 Å². The number of likely N-dealkylation sites (tertiary alicyclic amines) is 1. The van der Waals surface area contributed by atoms with E-state index < -0.39 is 0 Å². The van der Waals surface area contributed by atoms with Crippen LogP contribution in [0.3, 0.4) is 0 Å². The third-order valence-electron chi connectivity index (χ3n) is 5.67. The lowest BCUT2D eigenvalue weighted by molar-refractivity contribution is -0.123. The van der Waals surface area contributed by atoms with Crippen LogP contribution in [0.2, 0.25) is 0 Å². The van der Waals surface area contributed by atoms with Crippen molar-refractivity contribution in [3.8, 4) is 5.75 Å². The Morgan fingerprint density at radius 2 is 2.15 bits per heavy atom. The van der Waals surface area contributed by atoms with Gasteiger partial charge in [-0.05, 0) is 36.0 Å². The number of rotatable bonds is 7. The molecule has 2 aromatic rings. The van der Waals surface area contributed by atoms with E-state index in [9.17, 15) is 4.79 Å². The van der Waals surface area contributed by atoms with E-state index in [4.69, 9.17) is 4.74 Å². The van der Waals surface area contributed by atoms with Gasteiger partial charge in [-0.25, -0.2) is 4.98 Å². The van der Waals surface area contributed by atoms with Gasteiger partial charge in [0.1, 0.15) is 5.75 Å². The third kappa shape index (κ3) is 3.46. The minimum atomic E-state index is 0.214. The number of nitrogens with one attached hydrogen (secondary N) is 1. The van der Waals surface area contributed by atoms with Gasteiger partial charge in [-0.1, -0.05) is 12.1 Å². The standard InChI is InChI=1S/C20H26N4O2/c1-14-9-15(3-4-18(14)26-2)10-24-11-16-17(12-24)19(16)20(25)22-6-8-23-7-5-21-13-23/h3-5,7,9,13,16-17,19H,6,8,10-12H2,1-2H3,(H,22,25)/t16-,17+,19?. The van der Waals surface area contributed by atoms with Crippen LogP contribution in [-0.4, -0.2) is 47.1 Å². The molecule has 2 heterocycles. The van der Waals surface area contributed by atoms with Gasteiger partial charge in [0.05, 0.1) is 13.4 Å². The Morgan fingerprint density at radius 1 is 1.35 bits per heavy atom. The molecule has 0 spiro atoms. The zero-order valence-electron chi connectivity index (χ0n) is 15.4. The highest BCUT2D eigenvalue weighted by Gasteiger charge is 2.58. The van der Waals surface area contributed by atoms with Gasteiger partial charge in [0.25, 0.3) is 0 Å². The van der Waals surface area contributed by atoms with Crippen LogP contribution in [0.4, 0.5) is 0 Å². The summed E-state index contributed by atoms with van der Waals surface area (Å²) in [7, 11) is 1.70. The number of carbonyl (C=O) groups excluding carboxylic acids is 1. The molecule has 2 fully saturated rings. The van der Waals surface area contributed by atoms with Gasteiger partial charge < -0.3 is 14.6 Å². The first-order valence-electron chi connectivity index (χ1n) is 9.25. The maximum absolute atomic E-state index is 12.4. The number of amides is 1. The molecule has 4 rings (SSSR count). The summed E-state index contributed by atoms with van der Waals surface area (Å²) in [6.45, 7) is 6.52. The second-order valence-corrected chi connectivity index (χ2v) is 7.44. The minimum Gasteiger partial charge on any atom is -0.496 e. The monoisotopic (exact) mass is 354 g/mol. The lowest BCUT2D eigenvalue weighted by Crippen LogP contribution is -2.33. The van der Waals surface area contributed by atoms with Gasteiger partial charge in [0.2, 0.25) is 5.91 Å². The normalized spacial score (nSPS) is 24.3. The van der Waals surface area contributed by atoms with Gasteiger partial charge in [0.15, 0.2) is 0 Å². The van der Waals surface area contributed by atoms with E-state index in [0.717, 1.165) is 31.9 Å². The Labute approximate surface area is 154 Å². The van der Waals surface area contributed by atoms with Crippen molar-refractivity contribution in [2.45, 2.75) is 20.0 Å². The molecule has 1 unspecified atom stereocenters. The van der Waals surface area contributed by atoms with E-state index in [-0.39, 0.29) is 11.8 Å². The Bertz CT molecular complexity index is 762. The van der Waals surface area contributed by atoms with Gasteiger partial charge in [-0.15, -0.1) is 0 Å². The maximum Gasteiger partial charge on any atom is 0.223 e. The van der Waals surface area contributed by atoms with Gasteiger partial charge >= 0.3 is 0 Å². The predicted octanol–water partition coefficient (Wildman–Crippen LogP) is 1.69. The van der Waals surface area contributed by atoms with E-state index in [1.54, 1.807) is 19.6 Å². The first kappa shape index (κ1) is 17.1. The molecule has 1 aliphatic carbocycles. The number of imidazole rings is 1. The molecule has 1 saturated heterocycles. The number of hydrogen-bond acceptors (Lipinski definition) is 4. The number of aromatic nitrogens is 2. The SMILES string of the molecule is COc1ccc(CN2C[C@@H]3C(C(=O)NCCn4ccnc4)[C@@H]3C2)cc1C. The number of methoxy groups -OCH3 is 1. The number of hydrogen-bond donors (Lipinski definition) is 1. The summed E-state index contributed by atoms with van der Waals surface area (Å²) in [4.78, 5) is 18.8. The molecule has 6 nitrogen and oxygen atoms in total. The third-order valence-corrected chi connectivity index (χ3v) is 5.67. The fourth-order valence-electron chi connectivity index (χ4n) is 4.27. The van der Waals surface area contributed by atoms with Gasteiger partial charge in [-0.2, -0.15) is 0 Å². The molecule has 1 aromatic heterocycles. The topological polar surface area (TPSA) is 59.4 Å². The van der Waals surface area contributed by atoms with Crippen molar-refractivity contribution in [2.75, 3.05) is 26.7 Å². The van der Waals surface area contributed by atoms with Crippen LogP contribution >= 0.6 is 0 Å². The molecular formula is C20H26N4O2. The summed E-state index contributed by atoms with van der Waals surface area (Å²) in [6.07, 6.45) is 5.44. The van der Waals surface area contributed by atoms with E-state index >= 15 is 0 Å². The molecule has 2 aliphatic rings. The molecular weight excluding hydrogens is 328 g/mol. The number of piperidine rings is 1. The quantitative estimate of drug-likeness (QED) is 0.822. The van der Waals surface area contributed by atoms with Crippen LogP contribution in [-0.2, 0) is 17.9 Å². The highest BCUT2D eigenvalue weighted by molar-refractivity contribution is 5.82. The largest absolute Gasteiger partial charge is 0.496 e. The molecule has 3 atom stereocenters. The van der Waals surface area contributed by atoms with Crippen molar-refractivity contribution in [3.05, 3.63) is 48.0 Å². The molecule has 1 saturated carbocycles. The number of carbonyl (C=O) groups is 1. The molecule has 1 N–H and O–H groups in total. The fourth-order valence-corrected chi connectivity index (χ4v) is 4.27. The molecule has 1 amide bonds. The second-order valence-electron chi connectivity index (χ2n) is 7.44. The Hall–Kier alpha value is -2.34. The highest BCUT2D eigenvalue weighted by atomic mass is 16.5. The number of ether oxygens (including phenoxy) is 1. The van der Waals surface area contributed by atoms with Crippen LogP contribution in [0.15, 0.2) is 36.9 Å².